The van der Waals surface area contributed by atoms with E-state index in [1.165, 1.54) is 6.07 Å². The highest BCUT2D eigenvalue weighted by Gasteiger charge is 2.07. The number of halogens is 1. The number of hydrogen-bond acceptors (Lipinski definition) is 3. The van der Waals surface area contributed by atoms with E-state index in [2.05, 4.69) is 4.98 Å². The van der Waals surface area contributed by atoms with E-state index in [4.69, 9.17) is 10.2 Å². The number of aromatic nitrogens is 1. The van der Waals surface area contributed by atoms with Gasteiger partial charge in [-0.3, -0.25) is 0 Å². The van der Waals surface area contributed by atoms with Gasteiger partial charge in [0.2, 0.25) is 0 Å². The molecule has 2 rings (SSSR count). The first kappa shape index (κ1) is 10.5. The van der Waals surface area contributed by atoms with Gasteiger partial charge < -0.3 is 10.2 Å². The third kappa shape index (κ3) is 1.84. The van der Waals surface area contributed by atoms with Crippen molar-refractivity contribution in [3.8, 4) is 0 Å². The van der Waals surface area contributed by atoms with Gasteiger partial charge in [-0.05, 0) is 6.07 Å². The lowest BCUT2D eigenvalue weighted by molar-refractivity contribution is 0.561. The molecule has 2 N–H and O–H groups in total. The second kappa shape index (κ2) is 4.09. The molecule has 0 aliphatic carbocycles. The molecule has 14 heavy (non-hydrogen) atoms. The molecule has 0 amide bonds. The van der Waals surface area contributed by atoms with E-state index in [1.54, 1.807) is 13.0 Å². The number of oxazole rings is 1. The predicted octanol–water partition coefficient (Wildman–Crippen LogP) is 2.88. The quantitative estimate of drug-likeness (QED) is 0.659. The van der Waals surface area contributed by atoms with Crippen LogP contribution in [0.25, 0.3) is 11.1 Å². The summed E-state index contributed by atoms with van der Waals surface area (Å²) in [6.07, 6.45) is 0. The molecule has 1 aromatic heterocycles. The molecule has 0 aliphatic rings. The number of nitrogens with two attached hydrogens (primary N) is 1. The van der Waals surface area contributed by atoms with Crippen molar-refractivity contribution in [2.45, 2.75) is 20.8 Å². The molecule has 0 spiro atoms. The van der Waals surface area contributed by atoms with E-state index >= 15 is 0 Å². The smallest absolute Gasteiger partial charge is 0.192 e. The van der Waals surface area contributed by atoms with E-state index in [9.17, 15) is 4.39 Å². The van der Waals surface area contributed by atoms with Gasteiger partial charge in [0, 0.05) is 18.7 Å². The maximum atomic E-state index is 13.1. The highest BCUT2D eigenvalue weighted by Crippen LogP contribution is 2.21. The summed E-state index contributed by atoms with van der Waals surface area (Å²) in [4.78, 5) is 3.86. The first-order chi connectivity index (χ1) is 6.66. The monoisotopic (exact) mass is 196 g/mol. The van der Waals surface area contributed by atoms with Gasteiger partial charge in [-0.25, -0.2) is 9.37 Å². The van der Waals surface area contributed by atoms with Crippen LogP contribution in [-0.4, -0.2) is 4.98 Å². The summed E-state index contributed by atoms with van der Waals surface area (Å²) in [7, 11) is 0. The Bertz CT molecular complexity index is 437. The van der Waals surface area contributed by atoms with Gasteiger partial charge in [-0.1, -0.05) is 13.8 Å². The first-order valence-corrected chi connectivity index (χ1v) is 4.49. The standard InChI is InChI=1S/C8H7FN2O.C2H6/c1-4-11-8-6(9)2-5(10)3-7(8)12-4;1-2/h2-3H,10H2,1H3;1-2H3. The predicted molar refractivity (Wildman–Crippen MR) is 54.5 cm³/mol. The minimum Gasteiger partial charge on any atom is -0.441 e. The number of hydrogen-bond donors (Lipinski definition) is 1. The molecule has 0 fully saturated rings. The number of nitrogen functional groups attached to an aromatic ring is 1. The van der Waals surface area contributed by atoms with Crippen LogP contribution in [0.4, 0.5) is 10.1 Å². The normalized spacial score (nSPS) is 9.71. The molecule has 0 unspecified atom stereocenters. The lowest BCUT2D eigenvalue weighted by Crippen LogP contribution is -1.86. The summed E-state index contributed by atoms with van der Waals surface area (Å²) in [5.74, 6) is -0.00338. The molecule has 0 saturated heterocycles. The van der Waals surface area contributed by atoms with Crippen molar-refractivity contribution in [2.24, 2.45) is 0 Å². The molecule has 0 radical (unpaired) electrons. The van der Waals surface area contributed by atoms with Crippen molar-refractivity contribution in [2.75, 3.05) is 5.73 Å². The Morgan fingerprint density at radius 1 is 1.36 bits per heavy atom. The number of rotatable bonds is 0. The number of anilines is 1. The minimum absolute atomic E-state index is 0.238. The van der Waals surface area contributed by atoms with E-state index in [-0.39, 0.29) is 5.52 Å². The maximum absolute atomic E-state index is 13.1. The molecule has 0 aliphatic heterocycles. The molecule has 76 valence electrons. The van der Waals surface area contributed by atoms with Crippen molar-refractivity contribution in [3.05, 3.63) is 23.8 Å². The number of aryl methyl sites for hydroxylation is 1. The molecule has 4 heteroatoms. The summed E-state index contributed by atoms with van der Waals surface area (Å²) in [5, 5.41) is 0. The maximum Gasteiger partial charge on any atom is 0.192 e. The van der Waals surface area contributed by atoms with Crippen LogP contribution in [0.15, 0.2) is 16.5 Å². The third-order valence-corrected chi connectivity index (χ3v) is 1.58. The zero-order valence-corrected chi connectivity index (χ0v) is 8.47. The van der Waals surface area contributed by atoms with Crippen molar-refractivity contribution in [3.63, 3.8) is 0 Å². The van der Waals surface area contributed by atoms with Crippen LogP contribution in [-0.2, 0) is 0 Å². The van der Waals surface area contributed by atoms with Crippen molar-refractivity contribution in [1.82, 2.24) is 4.98 Å². The fourth-order valence-corrected chi connectivity index (χ4v) is 1.12. The Morgan fingerprint density at radius 3 is 2.64 bits per heavy atom. The van der Waals surface area contributed by atoms with Crippen molar-refractivity contribution in [1.29, 1.82) is 0 Å². The van der Waals surface area contributed by atoms with Crippen LogP contribution in [0.2, 0.25) is 0 Å². The first-order valence-electron chi connectivity index (χ1n) is 4.49. The zero-order chi connectivity index (χ0) is 10.7. The summed E-state index contributed by atoms with van der Waals surface area (Å²) < 4.78 is 18.2. The summed E-state index contributed by atoms with van der Waals surface area (Å²) in [6, 6.07) is 2.78. The SMILES string of the molecule is CC.Cc1nc2c(F)cc(N)cc2o1. The Hall–Kier alpha value is -1.58. The Kier molecular flexibility index (Phi) is 3.06. The van der Waals surface area contributed by atoms with Crippen LogP contribution in [0, 0.1) is 12.7 Å². The molecular weight excluding hydrogens is 183 g/mol. The van der Waals surface area contributed by atoms with E-state index in [1.807, 2.05) is 13.8 Å². The molecule has 0 saturated carbocycles. The van der Waals surface area contributed by atoms with Crippen LogP contribution < -0.4 is 5.73 Å². The van der Waals surface area contributed by atoms with E-state index in [0.717, 1.165) is 0 Å². The van der Waals surface area contributed by atoms with Crippen LogP contribution >= 0.6 is 0 Å². The van der Waals surface area contributed by atoms with Gasteiger partial charge in [0.1, 0.15) is 5.52 Å². The third-order valence-electron chi connectivity index (χ3n) is 1.58. The molecular formula is C10H13FN2O. The van der Waals surface area contributed by atoms with Gasteiger partial charge in [0.05, 0.1) is 0 Å². The van der Waals surface area contributed by atoms with Gasteiger partial charge in [0.15, 0.2) is 17.3 Å². The van der Waals surface area contributed by atoms with Crippen molar-refractivity contribution < 1.29 is 8.81 Å². The van der Waals surface area contributed by atoms with E-state index < -0.39 is 5.82 Å². The molecule has 2 aromatic rings. The molecule has 1 aromatic carbocycles. The molecule has 0 bridgehead atoms. The molecule has 1 heterocycles. The topological polar surface area (TPSA) is 52.0 Å². The lowest BCUT2D eigenvalue weighted by atomic mass is 10.3. The lowest BCUT2D eigenvalue weighted by Gasteiger charge is -1.91. The number of fused-ring (bicyclic) bond motifs is 1. The Balaban J connectivity index is 0.000000461. The summed E-state index contributed by atoms with van der Waals surface area (Å²) in [5.41, 5.74) is 6.38. The van der Waals surface area contributed by atoms with Gasteiger partial charge >= 0.3 is 0 Å². The van der Waals surface area contributed by atoms with Gasteiger partial charge in [-0.15, -0.1) is 0 Å². The Labute approximate surface area is 81.7 Å². The van der Waals surface area contributed by atoms with Gasteiger partial charge in [0.25, 0.3) is 0 Å². The fraction of sp³-hybridized carbons (Fsp3) is 0.300. The van der Waals surface area contributed by atoms with Crippen molar-refractivity contribution >= 4 is 16.8 Å². The second-order valence-corrected chi connectivity index (χ2v) is 2.58. The van der Waals surface area contributed by atoms with Crippen LogP contribution in [0.1, 0.15) is 19.7 Å². The highest BCUT2D eigenvalue weighted by atomic mass is 19.1. The fourth-order valence-electron chi connectivity index (χ4n) is 1.12. The largest absolute Gasteiger partial charge is 0.441 e. The highest BCUT2D eigenvalue weighted by molar-refractivity contribution is 5.77. The van der Waals surface area contributed by atoms with Crippen LogP contribution in [0.3, 0.4) is 0 Å². The summed E-state index contributed by atoms with van der Waals surface area (Å²) >= 11 is 0. The van der Waals surface area contributed by atoms with E-state index in [0.29, 0.717) is 17.2 Å². The molecule has 0 atom stereocenters. The van der Waals surface area contributed by atoms with Gasteiger partial charge in [-0.2, -0.15) is 0 Å². The zero-order valence-electron chi connectivity index (χ0n) is 8.47. The average molecular weight is 196 g/mol. The summed E-state index contributed by atoms with van der Waals surface area (Å²) in [6.45, 7) is 5.66. The van der Waals surface area contributed by atoms with Crippen LogP contribution in [0.5, 0.6) is 0 Å². The number of benzene rings is 1. The Morgan fingerprint density at radius 2 is 2.00 bits per heavy atom. The number of nitrogens with zero attached hydrogens (tertiary/aromatic N) is 1. The molecule has 3 nitrogen and oxygen atoms in total. The minimum atomic E-state index is -0.443. The second-order valence-electron chi connectivity index (χ2n) is 2.58. The average Bonchev–Trinajstić information content (AvgIpc) is 2.49.